The minimum atomic E-state index is 0.592. The number of hydrogen-bond donors (Lipinski definition) is 0. The highest BCUT2D eigenvalue weighted by Gasteiger charge is 2.11. The summed E-state index contributed by atoms with van der Waals surface area (Å²) < 4.78 is 4.52. The third-order valence-corrected chi connectivity index (χ3v) is 5.68. The number of aromatic nitrogens is 2. The molecule has 0 saturated carbocycles. The number of fused-ring (bicyclic) bond motifs is 1. The van der Waals surface area contributed by atoms with Gasteiger partial charge in [-0.3, -0.25) is 0 Å². The van der Waals surface area contributed by atoms with Crippen LogP contribution < -0.4 is 0 Å². The van der Waals surface area contributed by atoms with E-state index in [1.54, 1.807) is 11.3 Å². The molecule has 110 valence electrons. The molecule has 3 rings (SSSR count). The van der Waals surface area contributed by atoms with Gasteiger partial charge in [0, 0.05) is 28.2 Å². The normalized spacial score (nSPS) is 11.4. The second-order valence-corrected chi connectivity index (χ2v) is 8.55. The molecule has 0 aliphatic rings. The molecule has 3 aromatic rings. The van der Waals surface area contributed by atoms with Crippen LogP contribution in [0, 0.1) is 0 Å². The Labute approximate surface area is 149 Å². The summed E-state index contributed by atoms with van der Waals surface area (Å²) in [7, 11) is 0. The lowest BCUT2D eigenvalue weighted by Crippen LogP contribution is -2.06. The molecule has 0 radical (unpaired) electrons. The molecule has 0 aliphatic heterocycles. The third kappa shape index (κ3) is 3.52. The van der Waals surface area contributed by atoms with Crippen molar-refractivity contribution in [2.24, 2.45) is 0 Å². The van der Waals surface area contributed by atoms with Crippen molar-refractivity contribution in [3.05, 3.63) is 49.3 Å². The number of rotatable bonds is 5. The molecule has 2 nitrogen and oxygen atoms in total. The van der Waals surface area contributed by atoms with Crippen molar-refractivity contribution in [3.63, 3.8) is 0 Å². The first-order chi connectivity index (χ1) is 10.2. The van der Waals surface area contributed by atoms with Gasteiger partial charge >= 0.3 is 0 Å². The minimum Gasteiger partial charge on any atom is -0.328 e. The van der Waals surface area contributed by atoms with E-state index in [0.717, 1.165) is 35.2 Å². The van der Waals surface area contributed by atoms with E-state index in [9.17, 15) is 0 Å². The number of hydrogen-bond acceptors (Lipinski definition) is 2. The predicted octanol–water partition coefficient (Wildman–Crippen LogP) is 5.65. The number of thiophene rings is 1. The zero-order valence-corrected chi connectivity index (χ0v) is 15.9. The van der Waals surface area contributed by atoms with Gasteiger partial charge in [0.05, 0.1) is 14.8 Å². The first-order valence-corrected chi connectivity index (χ1v) is 9.56. The molecule has 0 unspecified atom stereocenters. The van der Waals surface area contributed by atoms with Gasteiger partial charge in [-0.25, -0.2) is 4.98 Å². The largest absolute Gasteiger partial charge is 0.328 e. The second-order valence-electron chi connectivity index (χ2n) is 4.71. The molecule has 2 heterocycles. The van der Waals surface area contributed by atoms with Gasteiger partial charge < -0.3 is 4.57 Å². The third-order valence-electron chi connectivity index (χ3n) is 3.32. The average Bonchev–Trinajstić information content (AvgIpc) is 3.00. The zero-order chi connectivity index (χ0) is 14.8. The lowest BCUT2D eigenvalue weighted by atomic mass is 10.3. The van der Waals surface area contributed by atoms with Gasteiger partial charge in [-0.15, -0.1) is 22.9 Å². The van der Waals surface area contributed by atoms with Crippen LogP contribution in [0.5, 0.6) is 0 Å². The van der Waals surface area contributed by atoms with E-state index in [1.807, 2.05) is 0 Å². The average molecular weight is 449 g/mol. The number of alkyl halides is 1. The Hall–Kier alpha value is -0.360. The van der Waals surface area contributed by atoms with Crippen molar-refractivity contribution in [1.29, 1.82) is 0 Å². The number of aryl methyl sites for hydroxylation is 3. The Kier molecular flexibility index (Phi) is 5.04. The fraction of sp³-hybridized carbons (Fsp3) is 0.267. The van der Waals surface area contributed by atoms with Crippen LogP contribution in [-0.4, -0.2) is 15.4 Å². The topological polar surface area (TPSA) is 17.8 Å². The molecule has 0 N–H and O–H groups in total. The highest BCUT2D eigenvalue weighted by molar-refractivity contribution is 9.11. The van der Waals surface area contributed by atoms with Crippen LogP contribution in [0.25, 0.3) is 11.0 Å². The van der Waals surface area contributed by atoms with Crippen LogP contribution in [0.1, 0.15) is 10.7 Å². The van der Waals surface area contributed by atoms with Crippen LogP contribution >= 0.6 is 54.8 Å². The maximum atomic E-state index is 5.92. The summed E-state index contributed by atoms with van der Waals surface area (Å²) in [5.74, 6) is 1.66. The zero-order valence-electron chi connectivity index (χ0n) is 11.2. The van der Waals surface area contributed by atoms with Crippen molar-refractivity contribution in [2.75, 3.05) is 5.88 Å². The van der Waals surface area contributed by atoms with Crippen molar-refractivity contribution < 1.29 is 0 Å². The molecule has 0 spiro atoms. The Balaban J connectivity index is 1.92. The highest BCUT2D eigenvalue weighted by atomic mass is 79.9. The summed E-state index contributed by atoms with van der Waals surface area (Å²) in [5.41, 5.74) is 2.20. The van der Waals surface area contributed by atoms with E-state index in [4.69, 9.17) is 16.6 Å². The predicted molar refractivity (Wildman–Crippen MR) is 97.6 cm³/mol. The summed E-state index contributed by atoms with van der Waals surface area (Å²) in [5, 5.41) is 0. The lowest BCUT2D eigenvalue weighted by molar-refractivity contribution is 0.679. The fourth-order valence-corrected chi connectivity index (χ4v) is 4.38. The molecule has 0 amide bonds. The summed E-state index contributed by atoms with van der Waals surface area (Å²) in [4.78, 5) is 6.10. The molecular weight excluding hydrogens is 436 g/mol. The Morgan fingerprint density at radius 2 is 2.00 bits per heavy atom. The standard InChI is InChI=1S/C15H13Br2ClN2S/c16-10-1-3-13-12(9-10)19-15(5-7-18)20(13)8-6-11-2-4-14(17)21-11/h1-4,9H,5-8H2. The molecule has 0 aliphatic carbocycles. The van der Waals surface area contributed by atoms with Gasteiger partial charge in [0.25, 0.3) is 0 Å². The molecule has 6 heteroatoms. The van der Waals surface area contributed by atoms with Gasteiger partial charge in [0.15, 0.2) is 0 Å². The molecule has 0 fully saturated rings. The number of imidazole rings is 1. The van der Waals surface area contributed by atoms with Crippen molar-refractivity contribution in [2.45, 2.75) is 19.4 Å². The van der Waals surface area contributed by atoms with E-state index in [2.05, 4.69) is 66.8 Å². The van der Waals surface area contributed by atoms with Gasteiger partial charge in [-0.2, -0.15) is 0 Å². The lowest BCUT2D eigenvalue weighted by Gasteiger charge is -2.07. The van der Waals surface area contributed by atoms with Crippen LogP contribution in [-0.2, 0) is 19.4 Å². The number of benzene rings is 1. The summed E-state index contributed by atoms with van der Waals surface area (Å²) in [6.45, 7) is 0.928. The first-order valence-electron chi connectivity index (χ1n) is 6.62. The molecule has 21 heavy (non-hydrogen) atoms. The Morgan fingerprint density at radius 1 is 1.14 bits per heavy atom. The summed E-state index contributed by atoms with van der Waals surface area (Å²) in [6, 6.07) is 10.5. The van der Waals surface area contributed by atoms with E-state index < -0.39 is 0 Å². The second kappa shape index (κ2) is 6.82. The Morgan fingerprint density at radius 3 is 2.71 bits per heavy atom. The van der Waals surface area contributed by atoms with Crippen LogP contribution in [0.3, 0.4) is 0 Å². The van der Waals surface area contributed by atoms with E-state index in [1.165, 1.54) is 14.2 Å². The summed E-state index contributed by atoms with van der Waals surface area (Å²) >= 11 is 14.7. The van der Waals surface area contributed by atoms with E-state index in [-0.39, 0.29) is 0 Å². The van der Waals surface area contributed by atoms with Crippen molar-refractivity contribution >= 4 is 65.8 Å². The van der Waals surface area contributed by atoms with Gasteiger partial charge in [0.1, 0.15) is 5.82 Å². The van der Waals surface area contributed by atoms with Crippen LogP contribution in [0.4, 0.5) is 0 Å². The molecule has 0 atom stereocenters. The molecule has 2 aromatic heterocycles. The minimum absolute atomic E-state index is 0.592. The van der Waals surface area contributed by atoms with Gasteiger partial charge in [0.2, 0.25) is 0 Å². The number of nitrogens with zero attached hydrogens (tertiary/aromatic N) is 2. The molecule has 0 saturated heterocycles. The number of halogens is 3. The maximum absolute atomic E-state index is 5.92. The SMILES string of the molecule is ClCCc1nc2cc(Br)ccc2n1CCc1ccc(Br)s1. The van der Waals surface area contributed by atoms with Crippen molar-refractivity contribution in [1.82, 2.24) is 9.55 Å². The van der Waals surface area contributed by atoms with Gasteiger partial charge in [-0.1, -0.05) is 15.9 Å². The summed E-state index contributed by atoms with van der Waals surface area (Å²) in [6.07, 6.45) is 1.80. The first kappa shape index (κ1) is 15.5. The Bertz CT molecular complexity index is 766. The molecule has 1 aromatic carbocycles. The highest BCUT2D eigenvalue weighted by Crippen LogP contribution is 2.25. The fourth-order valence-electron chi connectivity index (χ4n) is 2.39. The molecule has 0 bridgehead atoms. The monoisotopic (exact) mass is 446 g/mol. The smallest absolute Gasteiger partial charge is 0.111 e. The maximum Gasteiger partial charge on any atom is 0.111 e. The molecular formula is C15H13Br2ClN2S. The van der Waals surface area contributed by atoms with E-state index in [0.29, 0.717) is 5.88 Å². The van der Waals surface area contributed by atoms with Crippen LogP contribution in [0.15, 0.2) is 38.6 Å². The van der Waals surface area contributed by atoms with E-state index >= 15 is 0 Å². The van der Waals surface area contributed by atoms with Gasteiger partial charge in [-0.05, 0) is 52.7 Å². The quantitative estimate of drug-likeness (QED) is 0.462. The van der Waals surface area contributed by atoms with Crippen molar-refractivity contribution in [3.8, 4) is 0 Å². The van der Waals surface area contributed by atoms with Crippen LogP contribution in [0.2, 0.25) is 0 Å².